The second-order valence-electron chi connectivity index (χ2n) is 5.33. The van der Waals surface area contributed by atoms with Gasteiger partial charge in [-0.2, -0.15) is 13.2 Å². The minimum Gasteiger partial charge on any atom is -0.443 e. The number of carbonyl (C=O) groups is 1. The normalized spacial score (nSPS) is 18.8. The highest BCUT2D eigenvalue weighted by Crippen LogP contribution is 2.32. The van der Waals surface area contributed by atoms with Gasteiger partial charge in [0.05, 0.1) is 17.9 Å². The molecule has 1 aromatic carbocycles. The maximum Gasteiger partial charge on any atom is 0.416 e. The first-order valence-corrected chi connectivity index (χ1v) is 8.90. The number of anilines is 1. The van der Waals surface area contributed by atoms with Crippen molar-refractivity contribution in [2.45, 2.75) is 25.6 Å². The number of sulfonamides is 1. The molecule has 0 saturated carbocycles. The average Bonchev–Trinajstić information content (AvgIpc) is 2.86. The monoisotopic (exact) mass is 366 g/mol. The van der Waals surface area contributed by atoms with E-state index in [2.05, 4.69) is 4.72 Å². The van der Waals surface area contributed by atoms with Crippen LogP contribution in [-0.4, -0.2) is 39.5 Å². The van der Waals surface area contributed by atoms with E-state index in [1.807, 2.05) is 0 Å². The standard InChI is InChI=1S/C14H17F3N2O4S/c1-2-6-24(21,22)18-8-12-9-19(13(20)23-12)11-5-3-4-10(7-11)14(15,16)17/h3-5,7,12,18H,2,6,8-9H2,1H3. The highest BCUT2D eigenvalue weighted by atomic mass is 32.2. The third-order valence-electron chi connectivity index (χ3n) is 3.36. The number of benzene rings is 1. The van der Waals surface area contributed by atoms with E-state index in [1.165, 1.54) is 12.1 Å². The van der Waals surface area contributed by atoms with Crippen LogP contribution in [0.25, 0.3) is 0 Å². The predicted octanol–water partition coefficient (Wildman–Crippen LogP) is 2.36. The average molecular weight is 366 g/mol. The molecule has 1 atom stereocenters. The van der Waals surface area contributed by atoms with Gasteiger partial charge in [-0.3, -0.25) is 4.90 Å². The summed E-state index contributed by atoms with van der Waals surface area (Å²) < 4.78 is 68.7. The molecule has 1 saturated heterocycles. The molecular formula is C14H17F3N2O4S. The van der Waals surface area contributed by atoms with Crippen molar-refractivity contribution < 1.29 is 31.1 Å². The summed E-state index contributed by atoms with van der Waals surface area (Å²) in [5.41, 5.74) is -0.825. The van der Waals surface area contributed by atoms with Gasteiger partial charge in [0.15, 0.2) is 0 Å². The van der Waals surface area contributed by atoms with Crippen molar-refractivity contribution in [2.75, 3.05) is 23.7 Å². The van der Waals surface area contributed by atoms with Crippen molar-refractivity contribution in [1.29, 1.82) is 0 Å². The van der Waals surface area contributed by atoms with Gasteiger partial charge < -0.3 is 4.74 Å². The number of nitrogens with zero attached hydrogens (tertiary/aromatic N) is 1. The summed E-state index contributed by atoms with van der Waals surface area (Å²) in [6, 6.07) is 4.31. The van der Waals surface area contributed by atoms with Crippen molar-refractivity contribution in [3.63, 3.8) is 0 Å². The number of alkyl halides is 3. The Kier molecular flexibility index (Phi) is 5.38. The maximum atomic E-state index is 12.7. The minimum absolute atomic E-state index is 0.0329. The Morgan fingerprint density at radius 1 is 1.38 bits per heavy atom. The first-order chi connectivity index (χ1) is 11.1. The van der Waals surface area contributed by atoms with Crippen molar-refractivity contribution in [3.05, 3.63) is 29.8 Å². The number of halogens is 3. The van der Waals surface area contributed by atoms with Crippen LogP contribution in [0.4, 0.5) is 23.7 Å². The highest BCUT2D eigenvalue weighted by molar-refractivity contribution is 7.89. The molecule has 1 fully saturated rings. The van der Waals surface area contributed by atoms with E-state index in [0.29, 0.717) is 6.42 Å². The van der Waals surface area contributed by atoms with Crippen LogP contribution in [0.1, 0.15) is 18.9 Å². The lowest BCUT2D eigenvalue weighted by atomic mass is 10.2. The van der Waals surface area contributed by atoms with E-state index < -0.39 is 34.0 Å². The molecule has 1 N–H and O–H groups in total. The predicted molar refractivity (Wildman–Crippen MR) is 81.1 cm³/mol. The van der Waals surface area contributed by atoms with Crippen LogP contribution in [0, 0.1) is 0 Å². The Hall–Kier alpha value is -1.81. The smallest absolute Gasteiger partial charge is 0.416 e. The summed E-state index contributed by atoms with van der Waals surface area (Å²) in [4.78, 5) is 12.9. The zero-order valence-electron chi connectivity index (χ0n) is 12.8. The van der Waals surface area contributed by atoms with Gasteiger partial charge in [-0.1, -0.05) is 13.0 Å². The van der Waals surface area contributed by atoms with Crippen LogP contribution >= 0.6 is 0 Å². The Bertz CT molecular complexity index is 706. The Balaban J connectivity index is 2.05. The molecule has 0 aromatic heterocycles. The van der Waals surface area contributed by atoms with Gasteiger partial charge in [-0.05, 0) is 24.6 Å². The SMILES string of the molecule is CCCS(=O)(=O)NCC1CN(c2cccc(C(F)(F)F)c2)C(=O)O1. The van der Waals surface area contributed by atoms with Gasteiger partial charge in [-0.25, -0.2) is 17.9 Å². The first kappa shape index (κ1) is 18.5. The molecule has 0 bridgehead atoms. The number of nitrogens with one attached hydrogen (secondary N) is 1. The molecule has 24 heavy (non-hydrogen) atoms. The third-order valence-corrected chi connectivity index (χ3v) is 4.92. The Morgan fingerprint density at radius 2 is 2.08 bits per heavy atom. The molecular weight excluding hydrogens is 349 g/mol. The fourth-order valence-corrected chi connectivity index (χ4v) is 3.37. The van der Waals surface area contributed by atoms with Crippen molar-refractivity contribution >= 4 is 21.8 Å². The van der Waals surface area contributed by atoms with Crippen LogP contribution in [-0.2, 0) is 20.9 Å². The summed E-state index contributed by atoms with van der Waals surface area (Å²) in [5, 5.41) is 0. The van der Waals surface area contributed by atoms with Gasteiger partial charge in [0.2, 0.25) is 10.0 Å². The molecule has 134 valence electrons. The van der Waals surface area contributed by atoms with E-state index in [9.17, 15) is 26.4 Å². The number of amides is 1. The molecule has 0 radical (unpaired) electrons. The number of carbonyl (C=O) groups excluding carboxylic acids is 1. The lowest BCUT2D eigenvalue weighted by Gasteiger charge is -2.15. The first-order valence-electron chi connectivity index (χ1n) is 7.25. The number of rotatable bonds is 6. The lowest BCUT2D eigenvalue weighted by molar-refractivity contribution is -0.137. The van der Waals surface area contributed by atoms with Crippen LogP contribution in [0.15, 0.2) is 24.3 Å². The van der Waals surface area contributed by atoms with Crippen molar-refractivity contribution in [1.82, 2.24) is 4.72 Å². The number of hydrogen-bond donors (Lipinski definition) is 1. The van der Waals surface area contributed by atoms with E-state index >= 15 is 0 Å². The lowest BCUT2D eigenvalue weighted by Crippen LogP contribution is -2.35. The summed E-state index contributed by atoms with van der Waals surface area (Å²) in [6.45, 7) is 1.56. The topological polar surface area (TPSA) is 75.7 Å². The summed E-state index contributed by atoms with van der Waals surface area (Å²) in [6.07, 6.45) is -5.65. The largest absolute Gasteiger partial charge is 0.443 e. The van der Waals surface area contributed by atoms with Crippen LogP contribution in [0.3, 0.4) is 0 Å². The van der Waals surface area contributed by atoms with Crippen LogP contribution in [0.5, 0.6) is 0 Å². The quantitative estimate of drug-likeness (QED) is 0.839. The van der Waals surface area contributed by atoms with E-state index in [0.717, 1.165) is 17.0 Å². The fourth-order valence-electron chi connectivity index (χ4n) is 2.25. The summed E-state index contributed by atoms with van der Waals surface area (Å²) in [5.74, 6) is -0.0506. The van der Waals surface area contributed by atoms with Crippen molar-refractivity contribution in [3.8, 4) is 0 Å². The molecule has 6 nitrogen and oxygen atoms in total. The van der Waals surface area contributed by atoms with E-state index in [4.69, 9.17) is 4.74 Å². The molecule has 2 rings (SSSR count). The Labute approximate surface area is 137 Å². The van der Waals surface area contributed by atoms with Gasteiger partial charge in [0.25, 0.3) is 0 Å². The molecule has 0 spiro atoms. The molecule has 0 aliphatic carbocycles. The van der Waals surface area contributed by atoms with Gasteiger partial charge in [0.1, 0.15) is 6.10 Å². The number of hydrogen-bond acceptors (Lipinski definition) is 4. The fraction of sp³-hybridized carbons (Fsp3) is 0.500. The summed E-state index contributed by atoms with van der Waals surface area (Å²) >= 11 is 0. The Morgan fingerprint density at radius 3 is 2.71 bits per heavy atom. The van der Waals surface area contributed by atoms with E-state index in [-0.39, 0.29) is 24.5 Å². The molecule has 10 heteroatoms. The molecule has 1 aliphatic rings. The molecule has 1 heterocycles. The van der Waals surface area contributed by atoms with Gasteiger partial charge in [-0.15, -0.1) is 0 Å². The molecule has 1 aromatic rings. The zero-order valence-corrected chi connectivity index (χ0v) is 13.7. The molecule has 1 aliphatic heterocycles. The van der Waals surface area contributed by atoms with Crippen molar-refractivity contribution in [2.24, 2.45) is 0 Å². The second kappa shape index (κ2) is 6.98. The summed E-state index contributed by atoms with van der Waals surface area (Å²) in [7, 11) is -3.45. The molecule has 1 unspecified atom stereocenters. The molecule has 1 amide bonds. The minimum atomic E-state index is -4.52. The van der Waals surface area contributed by atoms with Gasteiger partial charge in [0, 0.05) is 12.2 Å². The number of cyclic esters (lactones) is 1. The van der Waals surface area contributed by atoms with E-state index in [1.54, 1.807) is 6.92 Å². The third kappa shape index (κ3) is 4.60. The zero-order chi connectivity index (χ0) is 18.0. The number of ether oxygens (including phenoxy) is 1. The second-order valence-corrected chi connectivity index (χ2v) is 7.26. The highest BCUT2D eigenvalue weighted by Gasteiger charge is 2.35. The van der Waals surface area contributed by atoms with Crippen LogP contribution < -0.4 is 9.62 Å². The maximum absolute atomic E-state index is 12.7. The van der Waals surface area contributed by atoms with Gasteiger partial charge >= 0.3 is 12.3 Å². The van der Waals surface area contributed by atoms with Crippen LogP contribution in [0.2, 0.25) is 0 Å².